The Morgan fingerprint density at radius 1 is 1.16 bits per heavy atom. The van der Waals surface area contributed by atoms with Crippen molar-refractivity contribution in [2.45, 2.75) is 10.2 Å². The third-order valence-electron chi connectivity index (χ3n) is 2.04. The second-order valence-corrected chi connectivity index (χ2v) is 4.48. The van der Waals surface area contributed by atoms with Crippen molar-refractivity contribution in [2.24, 2.45) is 0 Å². The molecule has 0 bridgehead atoms. The van der Waals surface area contributed by atoms with Crippen molar-refractivity contribution < 1.29 is 9.90 Å². The van der Waals surface area contributed by atoms with Crippen LogP contribution in [-0.4, -0.2) is 26.0 Å². The van der Waals surface area contributed by atoms with Gasteiger partial charge in [-0.1, -0.05) is 0 Å². The van der Waals surface area contributed by atoms with E-state index >= 15 is 0 Å². The highest BCUT2D eigenvalue weighted by atomic mass is 32.2. The monoisotopic (exact) mass is 278 g/mol. The molecule has 9 heteroatoms. The summed E-state index contributed by atoms with van der Waals surface area (Å²) in [4.78, 5) is 22.9. The van der Waals surface area contributed by atoms with Gasteiger partial charge < -0.3 is 22.3 Å². The largest absolute Gasteiger partial charge is 0.478 e. The lowest BCUT2D eigenvalue weighted by atomic mass is 10.3. The molecule has 0 spiro atoms. The molecule has 2 aromatic rings. The molecule has 0 aromatic carbocycles. The Hall–Kier alpha value is -2.55. The number of nitrogen functional groups attached to an aromatic ring is 3. The average molecular weight is 278 g/mol. The number of hydrogen-bond acceptors (Lipinski definition) is 8. The van der Waals surface area contributed by atoms with Gasteiger partial charge in [-0.3, -0.25) is 0 Å². The molecular weight excluding hydrogens is 268 g/mol. The predicted molar refractivity (Wildman–Crippen MR) is 70.6 cm³/mol. The average Bonchev–Trinajstić information content (AvgIpc) is 2.30. The smallest absolute Gasteiger partial charge is 0.338 e. The fourth-order valence-corrected chi connectivity index (χ4v) is 2.13. The van der Waals surface area contributed by atoms with Gasteiger partial charge in [0.1, 0.15) is 16.7 Å². The molecule has 98 valence electrons. The molecule has 0 saturated heterocycles. The number of pyridine rings is 1. The van der Waals surface area contributed by atoms with Gasteiger partial charge in [-0.05, 0) is 17.8 Å². The zero-order valence-electron chi connectivity index (χ0n) is 9.57. The molecule has 19 heavy (non-hydrogen) atoms. The summed E-state index contributed by atoms with van der Waals surface area (Å²) in [5.41, 5.74) is 16.8. The molecule has 0 saturated carbocycles. The Balaban J connectivity index is 2.40. The van der Waals surface area contributed by atoms with Crippen LogP contribution in [0.4, 0.5) is 17.3 Å². The van der Waals surface area contributed by atoms with Crippen molar-refractivity contribution in [1.82, 2.24) is 15.0 Å². The quantitative estimate of drug-likeness (QED) is 0.586. The van der Waals surface area contributed by atoms with Crippen LogP contribution in [0.5, 0.6) is 0 Å². The molecular formula is C10H10N6O2S. The van der Waals surface area contributed by atoms with E-state index in [2.05, 4.69) is 15.0 Å². The number of nitrogens with two attached hydrogens (primary N) is 3. The maximum atomic E-state index is 11.1. The van der Waals surface area contributed by atoms with Crippen LogP contribution in [0.25, 0.3) is 0 Å². The lowest BCUT2D eigenvalue weighted by Gasteiger charge is -2.05. The van der Waals surface area contributed by atoms with Crippen LogP contribution < -0.4 is 17.2 Å². The first-order chi connectivity index (χ1) is 8.95. The number of carboxylic acids is 1. The Kier molecular flexibility index (Phi) is 3.38. The summed E-state index contributed by atoms with van der Waals surface area (Å²) in [5.74, 6) is -0.746. The summed E-state index contributed by atoms with van der Waals surface area (Å²) in [6, 6.07) is 2.71. The van der Waals surface area contributed by atoms with Crippen LogP contribution >= 0.6 is 11.8 Å². The summed E-state index contributed by atoms with van der Waals surface area (Å²) in [6.45, 7) is 0. The van der Waals surface area contributed by atoms with Gasteiger partial charge in [0, 0.05) is 6.07 Å². The fourth-order valence-electron chi connectivity index (χ4n) is 1.30. The van der Waals surface area contributed by atoms with E-state index in [-0.39, 0.29) is 33.1 Å². The molecule has 0 fully saturated rings. The normalized spacial score (nSPS) is 10.3. The van der Waals surface area contributed by atoms with E-state index in [1.54, 1.807) is 0 Å². The van der Waals surface area contributed by atoms with E-state index in [0.717, 1.165) is 11.8 Å². The van der Waals surface area contributed by atoms with E-state index in [9.17, 15) is 4.79 Å². The Morgan fingerprint density at radius 3 is 2.37 bits per heavy atom. The minimum atomic E-state index is -1.14. The number of aromatic nitrogens is 3. The Labute approximate surface area is 112 Å². The van der Waals surface area contributed by atoms with E-state index in [1.165, 1.54) is 18.3 Å². The van der Waals surface area contributed by atoms with Crippen molar-refractivity contribution in [1.29, 1.82) is 0 Å². The van der Waals surface area contributed by atoms with Crippen molar-refractivity contribution in [3.05, 3.63) is 23.9 Å². The second-order valence-electron chi connectivity index (χ2n) is 3.53. The molecule has 0 unspecified atom stereocenters. The van der Waals surface area contributed by atoms with E-state index in [1.807, 2.05) is 0 Å². The number of carboxylic acid groups (broad SMARTS) is 1. The zero-order valence-corrected chi connectivity index (χ0v) is 10.4. The first-order valence-corrected chi connectivity index (χ1v) is 5.84. The van der Waals surface area contributed by atoms with Crippen LogP contribution in [0.3, 0.4) is 0 Å². The maximum Gasteiger partial charge on any atom is 0.338 e. The van der Waals surface area contributed by atoms with Gasteiger partial charge in [-0.25, -0.2) is 19.7 Å². The highest BCUT2D eigenvalue weighted by Crippen LogP contribution is 2.28. The van der Waals surface area contributed by atoms with E-state index < -0.39 is 5.97 Å². The van der Waals surface area contributed by atoms with Crippen molar-refractivity contribution in [2.75, 3.05) is 17.2 Å². The van der Waals surface area contributed by atoms with Gasteiger partial charge in [-0.2, -0.15) is 0 Å². The highest BCUT2D eigenvalue weighted by molar-refractivity contribution is 7.99. The van der Waals surface area contributed by atoms with Crippen LogP contribution in [0.15, 0.2) is 28.5 Å². The third-order valence-corrected chi connectivity index (χ3v) is 2.92. The van der Waals surface area contributed by atoms with Crippen LogP contribution in [-0.2, 0) is 0 Å². The third kappa shape index (κ3) is 3.01. The van der Waals surface area contributed by atoms with Crippen LogP contribution in [0, 0.1) is 0 Å². The number of hydrogen-bond donors (Lipinski definition) is 4. The Morgan fingerprint density at radius 2 is 1.79 bits per heavy atom. The first-order valence-electron chi connectivity index (χ1n) is 5.02. The standard InChI is InChI=1S/C10H10N6O2S/c11-4-1-5(9(17)18)8(14-3-4)19-10-15-6(12)2-7(13)16-10/h1-3H,11H2,(H,17,18)(H4,12,13,15,16). The molecule has 2 rings (SSSR count). The van der Waals surface area contributed by atoms with Gasteiger partial charge in [-0.15, -0.1) is 0 Å². The molecule has 8 nitrogen and oxygen atoms in total. The van der Waals surface area contributed by atoms with Gasteiger partial charge in [0.2, 0.25) is 0 Å². The highest BCUT2D eigenvalue weighted by Gasteiger charge is 2.15. The number of aromatic carboxylic acids is 1. The maximum absolute atomic E-state index is 11.1. The number of rotatable bonds is 3. The molecule has 0 aliphatic heterocycles. The zero-order chi connectivity index (χ0) is 14.0. The number of anilines is 3. The summed E-state index contributed by atoms with van der Waals surface area (Å²) in [5, 5.41) is 9.51. The minimum absolute atomic E-state index is 0.0328. The molecule has 0 radical (unpaired) electrons. The fraction of sp³-hybridized carbons (Fsp3) is 0. The summed E-state index contributed by atoms with van der Waals surface area (Å²) < 4.78 is 0. The topological polar surface area (TPSA) is 154 Å². The molecule has 0 aliphatic rings. The van der Waals surface area contributed by atoms with Crippen molar-refractivity contribution >= 4 is 35.1 Å². The molecule has 2 heterocycles. The van der Waals surface area contributed by atoms with Gasteiger partial charge in [0.05, 0.1) is 17.4 Å². The minimum Gasteiger partial charge on any atom is -0.478 e. The number of carbonyl (C=O) groups is 1. The van der Waals surface area contributed by atoms with Crippen molar-refractivity contribution in [3.63, 3.8) is 0 Å². The molecule has 2 aromatic heterocycles. The molecule has 0 aliphatic carbocycles. The summed E-state index contributed by atoms with van der Waals surface area (Å²) >= 11 is 0.950. The summed E-state index contributed by atoms with van der Waals surface area (Å²) in [6.07, 6.45) is 1.35. The lowest BCUT2D eigenvalue weighted by molar-refractivity contribution is 0.0692. The number of nitrogens with zero attached hydrogens (tertiary/aromatic N) is 3. The van der Waals surface area contributed by atoms with E-state index in [0.29, 0.717) is 0 Å². The SMILES string of the molecule is Nc1cnc(Sc2nc(N)cc(N)n2)c(C(=O)O)c1. The Bertz CT molecular complexity index is 628. The molecule has 0 amide bonds. The predicted octanol–water partition coefficient (Wildman–Crippen LogP) is 0.468. The van der Waals surface area contributed by atoms with Gasteiger partial charge in [0.15, 0.2) is 5.16 Å². The van der Waals surface area contributed by atoms with Crippen molar-refractivity contribution in [3.8, 4) is 0 Å². The van der Waals surface area contributed by atoms with Gasteiger partial charge in [0.25, 0.3) is 0 Å². The van der Waals surface area contributed by atoms with Crippen LogP contribution in [0.1, 0.15) is 10.4 Å². The van der Waals surface area contributed by atoms with Crippen LogP contribution in [0.2, 0.25) is 0 Å². The van der Waals surface area contributed by atoms with Gasteiger partial charge >= 0.3 is 5.97 Å². The second kappa shape index (κ2) is 4.98. The lowest BCUT2D eigenvalue weighted by Crippen LogP contribution is -2.04. The molecule has 0 atom stereocenters. The molecule has 7 N–H and O–H groups in total. The summed E-state index contributed by atoms with van der Waals surface area (Å²) in [7, 11) is 0. The van der Waals surface area contributed by atoms with E-state index in [4.69, 9.17) is 22.3 Å². The first kappa shape index (κ1) is 12.9.